The third kappa shape index (κ3) is 3.06. The van der Waals surface area contributed by atoms with Crippen LogP contribution in [0.15, 0.2) is 64.4 Å². The zero-order valence-electron chi connectivity index (χ0n) is 11.2. The van der Waals surface area contributed by atoms with E-state index in [0.29, 0.717) is 0 Å². The molecule has 0 fully saturated rings. The first-order valence-electron chi connectivity index (χ1n) is 5.94. The summed E-state index contributed by atoms with van der Waals surface area (Å²) in [5, 5.41) is 10.9. The van der Waals surface area contributed by atoms with Crippen LogP contribution in [0, 0.1) is 10.1 Å². The number of benzene rings is 2. The smallest absolute Gasteiger partial charge is 0.258 e. The quantitative estimate of drug-likeness (QED) is 0.457. The number of para-hydroxylation sites is 1. The number of rotatable bonds is 5. The molecule has 0 saturated heterocycles. The summed E-state index contributed by atoms with van der Waals surface area (Å²) in [5.41, 5.74) is -0.932. The van der Waals surface area contributed by atoms with Gasteiger partial charge in [-0.05, 0) is 18.2 Å². The lowest BCUT2D eigenvalue weighted by molar-refractivity contribution is -0.387. The number of nitro benzene ring substituents is 1. The van der Waals surface area contributed by atoms with Crippen molar-refractivity contribution in [3.05, 3.63) is 64.7 Å². The molecule has 11 heteroatoms. The summed E-state index contributed by atoms with van der Waals surface area (Å²) in [7, 11) is -10.3. The fourth-order valence-corrected chi connectivity index (χ4v) is 4.72. The molecule has 0 heterocycles. The molecule has 0 amide bonds. The first-order chi connectivity index (χ1) is 10.7. The highest BCUT2D eigenvalue weighted by molar-refractivity contribution is 8.03. The van der Waals surface area contributed by atoms with Crippen LogP contribution in [0.1, 0.15) is 0 Å². The van der Waals surface area contributed by atoms with Gasteiger partial charge in [-0.1, -0.05) is 30.3 Å². The van der Waals surface area contributed by atoms with E-state index in [2.05, 4.69) is 0 Å². The minimum absolute atomic E-state index is 0.607. The van der Waals surface area contributed by atoms with Crippen LogP contribution < -0.4 is 0 Å². The maximum absolute atomic E-state index is 14.2. The van der Waals surface area contributed by atoms with Crippen LogP contribution in [0.25, 0.3) is 0 Å². The number of sulfonamides is 2. The molecule has 23 heavy (non-hydrogen) atoms. The molecule has 0 aliphatic carbocycles. The van der Waals surface area contributed by atoms with Gasteiger partial charge in [0.1, 0.15) is 0 Å². The van der Waals surface area contributed by atoms with Crippen molar-refractivity contribution in [3.63, 3.8) is 0 Å². The summed E-state index contributed by atoms with van der Waals surface area (Å²) in [6.45, 7) is 0. The van der Waals surface area contributed by atoms with Gasteiger partial charge < -0.3 is 0 Å². The van der Waals surface area contributed by atoms with E-state index in [1.54, 1.807) is 0 Å². The summed E-state index contributed by atoms with van der Waals surface area (Å²) in [5.74, 6) is 0. The molecule has 0 bridgehead atoms. The Morgan fingerprint density at radius 2 is 1.39 bits per heavy atom. The Labute approximate surface area is 131 Å². The van der Waals surface area contributed by atoms with Gasteiger partial charge in [-0.2, -0.15) is 0 Å². The summed E-state index contributed by atoms with van der Waals surface area (Å²) in [6, 6.07) is 9.87. The third-order valence-electron chi connectivity index (χ3n) is 2.76. The molecule has 0 aromatic heterocycles. The Kier molecular flexibility index (Phi) is 4.45. The Morgan fingerprint density at radius 1 is 0.870 bits per heavy atom. The van der Waals surface area contributed by atoms with Gasteiger partial charge in [0.05, 0.1) is 13.8 Å². The molecule has 0 unspecified atom stereocenters. The number of nitro groups is 1. The van der Waals surface area contributed by atoms with Gasteiger partial charge in [-0.15, -0.1) is 4.48 Å². The van der Waals surface area contributed by atoms with Gasteiger partial charge in [-0.3, -0.25) is 10.1 Å². The molecule has 0 N–H and O–H groups in total. The maximum Gasteiger partial charge on any atom is 0.290 e. The second-order valence-corrected chi connectivity index (χ2v) is 7.88. The normalized spacial score (nSPS) is 12.3. The summed E-state index contributed by atoms with van der Waals surface area (Å²) in [6.07, 6.45) is 0. The van der Waals surface area contributed by atoms with E-state index in [4.69, 9.17) is 0 Å². The average molecular weight is 360 g/mol. The van der Waals surface area contributed by atoms with E-state index in [1.807, 2.05) is 0 Å². The first kappa shape index (κ1) is 17.0. The van der Waals surface area contributed by atoms with Crippen molar-refractivity contribution in [2.24, 2.45) is 0 Å². The third-order valence-corrected chi connectivity index (χ3v) is 6.46. The molecule has 2 aromatic rings. The minimum atomic E-state index is -5.28. The lowest BCUT2D eigenvalue weighted by Gasteiger charge is -2.13. The molecule has 0 radical (unpaired) electrons. The Morgan fingerprint density at radius 3 is 1.96 bits per heavy atom. The summed E-state index contributed by atoms with van der Waals surface area (Å²) >= 11 is 0. The van der Waals surface area contributed by atoms with E-state index >= 15 is 0 Å². The fraction of sp³-hybridized carbons (Fsp3) is 0. The van der Waals surface area contributed by atoms with Crippen molar-refractivity contribution in [2.45, 2.75) is 9.79 Å². The highest BCUT2D eigenvalue weighted by atomic mass is 32.3. The lowest BCUT2D eigenvalue weighted by Crippen LogP contribution is -2.30. The Bertz CT molecular complexity index is 945. The molecule has 2 rings (SSSR count). The van der Waals surface area contributed by atoms with E-state index in [9.17, 15) is 31.4 Å². The lowest BCUT2D eigenvalue weighted by atomic mass is 10.3. The molecule has 0 atom stereocenters. The highest BCUT2D eigenvalue weighted by Crippen LogP contribution is 2.30. The molecule has 2 aromatic carbocycles. The number of halogens is 1. The van der Waals surface area contributed by atoms with Crippen LogP contribution in [-0.4, -0.2) is 25.7 Å². The minimum Gasteiger partial charge on any atom is -0.258 e. The number of hydrogen-bond acceptors (Lipinski definition) is 6. The molecule has 0 saturated carbocycles. The Balaban J connectivity index is 2.59. The first-order valence-corrected chi connectivity index (χ1v) is 8.82. The molecule has 0 spiro atoms. The standard InChI is InChI=1S/C12H9FN2O6S2/c13-15(22(18,19)10-6-2-1-3-7-10)23(20,21)12-9-5-4-8-11(12)14(16)17/h1-9H. The molecule has 0 aliphatic heterocycles. The van der Waals surface area contributed by atoms with E-state index in [-0.39, 0.29) is 0 Å². The van der Waals surface area contributed by atoms with Crippen LogP contribution in [0.3, 0.4) is 0 Å². The van der Waals surface area contributed by atoms with Crippen molar-refractivity contribution in [3.8, 4) is 0 Å². The second-order valence-electron chi connectivity index (χ2n) is 4.20. The molecular weight excluding hydrogens is 351 g/mol. The maximum atomic E-state index is 14.2. The molecule has 0 aliphatic rings. The fourth-order valence-electron chi connectivity index (χ4n) is 1.71. The van der Waals surface area contributed by atoms with Crippen LogP contribution in [0.5, 0.6) is 0 Å². The number of hydrogen-bond donors (Lipinski definition) is 0. The van der Waals surface area contributed by atoms with Crippen LogP contribution in [0.2, 0.25) is 0 Å². The number of nitrogens with zero attached hydrogens (tertiary/aromatic N) is 2. The van der Waals surface area contributed by atoms with Crippen LogP contribution in [0.4, 0.5) is 10.2 Å². The predicted octanol–water partition coefficient (Wildman–Crippen LogP) is 1.86. The predicted molar refractivity (Wildman–Crippen MR) is 76.9 cm³/mol. The summed E-state index contributed by atoms with van der Waals surface area (Å²) in [4.78, 5) is 8.15. The van der Waals surface area contributed by atoms with Crippen LogP contribution in [-0.2, 0) is 20.0 Å². The molecule has 122 valence electrons. The second kappa shape index (κ2) is 6.02. The van der Waals surface area contributed by atoms with Gasteiger partial charge >= 0.3 is 0 Å². The SMILES string of the molecule is O=[N+]([O-])c1ccccc1S(=O)(=O)N(F)S(=O)(=O)c1ccccc1. The van der Waals surface area contributed by atoms with Gasteiger partial charge in [0.15, 0.2) is 4.90 Å². The summed E-state index contributed by atoms with van der Waals surface area (Å²) < 4.78 is 61.2. The molecular formula is C12H9FN2O6S2. The van der Waals surface area contributed by atoms with Crippen molar-refractivity contribution >= 4 is 25.7 Å². The van der Waals surface area contributed by atoms with Crippen molar-refractivity contribution in [2.75, 3.05) is 0 Å². The molecule has 8 nitrogen and oxygen atoms in total. The highest BCUT2D eigenvalue weighted by Gasteiger charge is 2.40. The van der Waals surface area contributed by atoms with Crippen molar-refractivity contribution < 1.29 is 26.2 Å². The van der Waals surface area contributed by atoms with E-state index in [1.165, 1.54) is 24.3 Å². The van der Waals surface area contributed by atoms with Gasteiger partial charge in [0.2, 0.25) is 0 Å². The van der Waals surface area contributed by atoms with Crippen LogP contribution >= 0.6 is 0 Å². The zero-order valence-corrected chi connectivity index (χ0v) is 12.9. The topological polar surface area (TPSA) is 115 Å². The zero-order chi connectivity index (χ0) is 17.3. The van der Waals surface area contributed by atoms with Gasteiger partial charge in [0.25, 0.3) is 25.7 Å². The van der Waals surface area contributed by atoms with Crippen molar-refractivity contribution in [1.82, 2.24) is 3.93 Å². The monoisotopic (exact) mass is 360 g/mol. The Hall–Kier alpha value is -2.37. The van der Waals surface area contributed by atoms with E-state index < -0.39 is 44.4 Å². The van der Waals surface area contributed by atoms with Gasteiger partial charge in [0, 0.05) is 6.07 Å². The largest absolute Gasteiger partial charge is 0.290 e. The van der Waals surface area contributed by atoms with E-state index in [0.717, 1.165) is 30.3 Å². The van der Waals surface area contributed by atoms with Crippen molar-refractivity contribution in [1.29, 1.82) is 0 Å². The average Bonchev–Trinajstić information content (AvgIpc) is 2.54. The van der Waals surface area contributed by atoms with Gasteiger partial charge in [-0.25, -0.2) is 16.8 Å².